The molecule has 2 aromatic rings. The van der Waals surface area contributed by atoms with E-state index in [1.165, 1.54) is 14.0 Å². The van der Waals surface area contributed by atoms with Crippen LogP contribution in [-0.2, 0) is 20.9 Å². The number of methoxy groups -OCH3 is 1. The van der Waals surface area contributed by atoms with Crippen LogP contribution < -0.4 is 15.4 Å². The number of ether oxygens (including phenoxy) is 1. The molecule has 1 aliphatic rings. The Morgan fingerprint density at radius 2 is 1.86 bits per heavy atom. The molecule has 7 nitrogen and oxygen atoms in total. The normalized spacial score (nSPS) is 15.9. The van der Waals surface area contributed by atoms with Crippen molar-refractivity contribution in [3.05, 3.63) is 53.6 Å². The van der Waals surface area contributed by atoms with Crippen molar-refractivity contribution in [3.8, 4) is 5.75 Å². The average Bonchev–Trinajstić information content (AvgIpc) is 3.04. The molecule has 1 aliphatic heterocycles. The Labute approximate surface area is 170 Å². The summed E-state index contributed by atoms with van der Waals surface area (Å²) in [6.07, 6.45) is 0.172. The Morgan fingerprint density at radius 3 is 2.52 bits per heavy atom. The molecule has 0 spiro atoms. The van der Waals surface area contributed by atoms with Crippen molar-refractivity contribution in [2.75, 3.05) is 24.3 Å². The van der Waals surface area contributed by atoms with Crippen LogP contribution in [0.2, 0.25) is 0 Å². The van der Waals surface area contributed by atoms with Gasteiger partial charge >= 0.3 is 0 Å². The van der Waals surface area contributed by atoms with Gasteiger partial charge in [-0.15, -0.1) is 0 Å². The van der Waals surface area contributed by atoms with Crippen LogP contribution in [0, 0.1) is 12.8 Å². The maximum atomic E-state index is 12.8. The molecule has 0 aromatic heterocycles. The van der Waals surface area contributed by atoms with E-state index in [1.807, 2.05) is 31.2 Å². The van der Waals surface area contributed by atoms with Gasteiger partial charge in [-0.3, -0.25) is 14.4 Å². The van der Waals surface area contributed by atoms with E-state index in [2.05, 4.69) is 10.6 Å². The minimum Gasteiger partial charge on any atom is -0.495 e. The molecule has 7 heteroatoms. The predicted molar refractivity (Wildman–Crippen MR) is 111 cm³/mol. The van der Waals surface area contributed by atoms with Crippen molar-refractivity contribution < 1.29 is 19.1 Å². The van der Waals surface area contributed by atoms with E-state index in [9.17, 15) is 14.4 Å². The molecular weight excluding hydrogens is 370 g/mol. The van der Waals surface area contributed by atoms with E-state index in [0.717, 1.165) is 11.1 Å². The van der Waals surface area contributed by atoms with Crippen LogP contribution in [0.3, 0.4) is 0 Å². The lowest BCUT2D eigenvalue weighted by molar-refractivity contribution is -0.128. The fraction of sp³-hybridized carbons (Fsp3) is 0.318. The van der Waals surface area contributed by atoms with E-state index < -0.39 is 5.92 Å². The Hall–Kier alpha value is -3.35. The molecule has 0 aliphatic carbocycles. The molecule has 29 heavy (non-hydrogen) atoms. The number of carbonyl (C=O) groups is 3. The molecule has 1 saturated heterocycles. The lowest BCUT2D eigenvalue weighted by Gasteiger charge is -2.17. The van der Waals surface area contributed by atoms with Gasteiger partial charge in [0.15, 0.2) is 0 Å². The molecule has 0 radical (unpaired) electrons. The minimum atomic E-state index is -0.443. The molecule has 1 heterocycles. The number of nitrogens with one attached hydrogen (secondary N) is 2. The van der Waals surface area contributed by atoms with Crippen molar-refractivity contribution >= 4 is 29.1 Å². The summed E-state index contributed by atoms with van der Waals surface area (Å²) in [6, 6.07) is 13.0. The maximum Gasteiger partial charge on any atom is 0.229 e. The number of carbonyl (C=O) groups excluding carboxylic acids is 3. The van der Waals surface area contributed by atoms with Gasteiger partial charge in [-0.25, -0.2) is 0 Å². The number of nitrogens with zero attached hydrogens (tertiary/aromatic N) is 1. The van der Waals surface area contributed by atoms with Crippen LogP contribution in [-0.4, -0.2) is 36.3 Å². The van der Waals surface area contributed by atoms with Crippen LogP contribution in [0.1, 0.15) is 24.5 Å². The first kappa shape index (κ1) is 20.4. The number of aryl methyl sites for hydroxylation is 1. The molecule has 3 rings (SSSR count). The van der Waals surface area contributed by atoms with Gasteiger partial charge in [0.2, 0.25) is 17.7 Å². The maximum absolute atomic E-state index is 12.8. The van der Waals surface area contributed by atoms with Gasteiger partial charge in [-0.1, -0.05) is 29.8 Å². The Morgan fingerprint density at radius 1 is 1.14 bits per heavy atom. The highest BCUT2D eigenvalue weighted by atomic mass is 16.5. The van der Waals surface area contributed by atoms with Crippen LogP contribution in [0.15, 0.2) is 42.5 Å². The quantitative estimate of drug-likeness (QED) is 0.787. The van der Waals surface area contributed by atoms with Gasteiger partial charge < -0.3 is 20.3 Å². The second kappa shape index (κ2) is 8.77. The number of hydrogen-bond donors (Lipinski definition) is 2. The van der Waals surface area contributed by atoms with Crippen LogP contribution in [0.25, 0.3) is 0 Å². The lowest BCUT2D eigenvalue weighted by atomic mass is 10.1. The molecule has 2 aromatic carbocycles. The second-order valence-electron chi connectivity index (χ2n) is 7.25. The van der Waals surface area contributed by atoms with Gasteiger partial charge in [0.1, 0.15) is 5.75 Å². The number of hydrogen-bond acceptors (Lipinski definition) is 4. The fourth-order valence-corrected chi connectivity index (χ4v) is 3.34. The smallest absolute Gasteiger partial charge is 0.229 e. The first-order valence-corrected chi connectivity index (χ1v) is 9.45. The van der Waals surface area contributed by atoms with Crippen LogP contribution in [0.5, 0.6) is 5.75 Å². The summed E-state index contributed by atoms with van der Waals surface area (Å²) in [5, 5.41) is 5.51. The van der Waals surface area contributed by atoms with E-state index in [4.69, 9.17) is 4.74 Å². The van der Waals surface area contributed by atoms with Crippen molar-refractivity contribution in [3.63, 3.8) is 0 Å². The summed E-state index contributed by atoms with van der Waals surface area (Å²) in [7, 11) is 1.51. The molecule has 1 fully saturated rings. The molecule has 1 unspecified atom stereocenters. The monoisotopic (exact) mass is 395 g/mol. The third-order valence-electron chi connectivity index (χ3n) is 4.86. The Kier molecular flexibility index (Phi) is 6.16. The Bertz CT molecular complexity index is 924. The van der Waals surface area contributed by atoms with Crippen LogP contribution in [0.4, 0.5) is 11.4 Å². The summed E-state index contributed by atoms with van der Waals surface area (Å²) < 4.78 is 5.29. The SMILES string of the molecule is COc1ccc(NC(C)=O)cc1NC(=O)C1CC(=O)N(Cc2ccc(C)cc2)C1. The number of rotatable bonds is 6. The van der Waals surface area contributed by atoms with Gasteiger partial charge in [0.05, 0.1) is 18.7 Å². The molecule has 2 N–H and O–H groups in total. The molecule has 3 amide bonds. The zero-order chi connectivity index (χ0) is 21.0. The van der Waals surface area contributed by atoms with E-state index in [1.54, 1.807) is 23.1 Å². The lowest BCUT2D eigenvalue weighted by Crippen LogP contribution is -2.28. The largest absolute Gasteiger partial charge is 0.495 e. The Balaban J connectivity index is 1.67. The van der Waals surface area contributed by atoms with E-state index >= 15 is 0 Å². The standard InChI is InChI=1S/C22H25N3O4/c1-14-4-6-16(7-5-14)12-25-13-17(10-21(25)27)22(28)24-19-11-18(23-15(2)26)8-9-20(19)29-3/h4-9,11,17H,10,12-13H2,1-3H3,(H,23,26)(H,24,28). The number of benzene rings is 2. The molecule has 1 atom stereocenters. The summed E-state index contributed by atoms with van der Waals surface area (Å²) in [4.78, 5) is 38.1. The van der Waals surface area contributed by atoms with E-state index in [0.29, 0.717) is 30.2 Å². The molecule has 152 valence electrons. The predicted octanol–water partition coefficient (Wildman–Crippen LogP) is 2.95. The first-order valence-electron chi connectivity index (χ1n) is 9.45. The summed E-state index contributed by atoms with van der Waals surface area (Å²) in [6.45, 7) is 4.28. The van der Waals surface area contributed by atoms with Gasteiger partial charge in [-0.2, -0.15) is 0 Å². The molecular formula is C22H25N3O4. The van der Waals surface area contributed by atoms with Gasteiger partial charge in [0, 0.05) is 32.1 Å². The summed E-state index contributed by atoms with van der Waals surface area (Å²) in [5.41, 5.74) is 3.20. The minimum absolute atomic E-state index is 0.0373. The summed E-state index contributed by atoms with van der Waals surface area (Å²) >= 11 is 0. The van der Waals surface area contributed by atoms with E-state index in [-0.39, 0.29) is 24.1 Å². The zero-order valence-corrected chi connectivity index (χ0v) is 16.8. The molecule has 0 bridgehead atoms. The highest BCUT2D eigenvalue weighted by Crippen LogP contribution is 2.29. The molecule has 0 saturated carbocycles. The number of anilines is 2. The average molecular weight is 395 g/mol. The van der Waals surface area contributed by atoms with Crippen molar-refractivity contribution in [1.82, 2.24) is 4.90 Å². The number of amides is 3. The van der Waals surface area contributed by atoms with Crippen LogP contribution >= 0.6 is 0 Å². The first-order chi connectivity index (χ1) is 13.9. The third kappa shape index (κ3) is 5.13. The zero-order valence-electron chi connectivity index (χ0n) is 16.8. The number of likely N-dealkylation sites (tertiary alicyclic amines) is 1. The highest BCUT2D eigenvalue weighted by Gasteiger charge is 2.34. The van der Waals surface area contributed by atoms with Crippen molar-refractivity contribution in [1.29, 1.82) is 0 Å². The third-order valence-corrected chi connectivity index (χ3v) is 4.86. The van der Waals surface area contributed by atoms with Gasteiger partial charge in [-0.05, 0) is 30.7 Å². The highest BCUT2D eigenvalue weighted by molar-refractivity contribution is 5.99. The van der Waals surface area contributed by atoms with Crippen molar-refractivity contribution in [2.45, 2.75) is 26.8 Å². The fourth-order valence-electron chi connectivity index (χ4n) is 3.34. The topological polar surface area (TPSA) is 87.7 Å². The van der Waals surface area contributed by atoms with Gasteiger partial charge in [0.25, 0.3) is 0 Å². The van der Waals surface area contributed by atoms with Crippen molar-refractivity contribution in [2.24, 2.45) is 5.92 Å². The summed E-state index contributed by atoms with van der Waals surface area (Å²) in [5.74, 6) is -0.455. The second-order valence-corrected chi connectivity index (χ2v) is 7.25.